The first-order valence-electron chi connectivity index (χ1n) is 13.9. The van der Waals surface area contributed by atoms with Crippen LogP contribution in [0, 0.1) is 12.7 Å². The lowest BCUT2D eigenvalue weighted by molar-refractivity contribution is -0.141. The SMILES string of the molecule is CCOc1ccc(N(CC(=O)N(Cc2ccc(F)cc2)[C@H](CC)C(=O)NC(C)(C)C)S(=O)(=O)c2ccc(C)cc2)cc1. The summed E-state index contributed by atoms with van der Waals surface area (Å²) in [7, 11) is -4.19. The second-order valence-corrected chi connectivity index (χ2v) is 12.9. The van der Waals surface area contributed by atoms with Gasteiger partial charge < -0.3 is 15.0 Å². The van der Waals surface area contributed by atoms with E-state index in [0.717, 1.165) is 9.87 Å². The maximum Gasteiger partial charge on any atom is 0.264 e. The lowest BCUT2D eigenvalue weighted by Gasteiger charge is -2.34. The topological polar surface area (TPSA) is 96.0 Å². The van der Waals surface area contributed by atoms with Gasteiger partial charge in [-0.25, -0.2) is 12.8 Å². The summed E-state index contributed by atoms with van der Waals surface area (Å²) in [5.41, 5.74) is 1.19. The van der Waals surface area contributed by atoms with Gasteiger partial charge in [0.1, 0.15) is 24.2 Å². The standard InChI is InChI=1S/C32H40FN3O5S/c1-7-29(31(38)34-32(4,5)6)35(21-24-11-13-25(33)14-12-24)30(37)22-36(26-15-17-27(18-16-26)41-8-2)42(39,40)28-19-9-23(3)10-20-28/h9-20,29H,7-8,21-22H2,1-6H3,(H,34,38)/t29-/m1/s1. The van der Waals surface area contributed by atoms with Gasteiger partial charge in [-0.1, -0.05) is 36.8 Å². The largest absolute Gasteiger partial charge is 0.494 e. The summed E-state index contributed by atoms with van der Waals surface area (Å²) in [6.45, 7) is 10.9. The zero-order valence-corrected chi connectivity index (χ0v) is 25.9. The van der Waals surface area contributed by atoms with E-state index < -0.39 is 39.9 Å². The van der Waals surface area contributed by atoms with Gasteiger partial charge >= 0.3 is 0 Å². The van der Waals surface area contributed by atoms with Crippen LogP contribution in [0.15, 0.2) is 77.7 Å². The number of rotatable bonds is 12. The maximum atomic E-state index is 14.1. The minimum Gasteiger partial charge on any atom is -0.494 e. The third-order valence-electron chi connectivity index (χ3n) is 6.47. The van der Waals surface area contributed by atoms with Gasteiger partial charge in [-0.05, 0) is 95.1 Å². The van der Waals surface area contributed by atoms with Gasteiger partial charge in [-0.2, -0.15) is 0 Å². The van der Waals surface area contributed by atoms with E-state index in [1.165, 1.54) is 41.3 Å². The smallest absolute Gasteiger partial charge is 0.264 e. The molecule has 1 atom stereocenters. The zero-order valence-electron chi connectivity index (χ0n) is 25.1. The van der Waals surface area contributed by atoms with Gasteiger partial charge in [0.05, 0.1) is 17.2 Å². The Kier molecular flexibility index (Phi) is 10.7. The number of nitrogens with one attached hydrogen (secondary N) is 1. The summed E-state index contributed by atoms with van der Waals surface area (Å²) in [4.78, 5) is 28.9. The normalized spacial score (nSPS) is 12.4. The van der Waals surface area contributed by atoms with Crippen molar-refractivity contribution >= 4 is 27.5 Å². The fourth-order valence-electron chi connectivity index (χ4n) is 4.40. The number of halogens is 1. The number of nitrogens with zero attached hydrogens (tertiary/aromatic N) is 2. The van der Waals surface area contributed by atoms with Crippen molar-refractivity contribution in [1.82, 2.24) is 10.2 Å². The molecule has 0 saturated heterocycles. The molecular formula is C32H40FN3O5S. The van der Waals surface area contributed by atoms with E-state index >= 15 is 0 Å². The Labute approximate surface area is 248 Å². The molecule has 0 aliphatic carbocycles. The zero-order chi connectivity index (χ0) is 31.1. The Morgan fingerprint density at radius 2 is 1.52 bits per heavy atom. The molecule has 42 heavy (non-hydrogen) atoms. The van der Waals surface area contributed by atoms with Crippen molar-refractivity contribution in [2.24, 2.45) is 0 Å². The average Bonchev–Trinajstić information content (AvgIpc) is 2.92. The van der Waals surface area contributed by atoms with E-state index in [1.807, 2.05) is 34.6 Å². The van der Waals surface area contributed by atoms with Crippen LogP contribution < -0.4 is 14.4 Å². The molecule has 3 aromatic carbocycles. The Hall–Kier alpha value is -3.92. The van der Waals surface area contributed by atoms with Crippen LogP contribution in [0.4, 0.5) is 10.1 Å². The van der Waals surface area contributed by atoms with E-state index in [1.54, 1.807) is 43.3 Å². The van der Waals surface area contributed by atoms with Crippen LogP contribution in [0.3, 0.4) is 0 Å². The molecule has 3 rings (SSSR count). The first kappa shape index (κ1) is 32.6. The van der Waals surface area contributed by atoms with Crippen LogP contribution in [-0.2, 0) is 26.2 Å². The molecule has 3 aromatic rings. The predicted octanol–water partition coefficient (Wildman–Crippen LogP) is 5.45. The first-order valence-corrected chi connectivity index (χ1v) is 15.4. The van der Waals surface area contributed by atoms with E-state index in [-0.39, 0.29) is 29.5 Å². The summed E-state index contributed by atoms with van der Waals surface area (Å²) in [5.74, 6) is -0.822. The Morgan fingerprint density at radius 3 is 2.05 bits per heavy atom. The van der Waals surface area contributed by atoms with Crippen molar-refractivity contribution in [3.05, 3.63) is 89.7 Å². The molecule has 0 fully saturated rings. The summed E-state index contributed by atoms with van der Waals surface area (Å²) in [6.07, 6.45) is 0.280. The minimum atomic E-state index is -4.19. The van der Waals surface area contributed by atoms with Crippen LogP contribution in [0.2, 0.25) is 0 Å². The number of anilines is 1. The minimum absolute atomic E-state index is 0.0170. The van der Waals surface area contributed by atoms with Crippen LogP contribution in [0.5, 0.6) is 5.75 Å². The number of hydrogen-bond acceptors (Lipinski definition) is 5. The molecule has 0 unspecified atom stereocenters. The van der Waals surface area contributed by atoms with Gasteiger partial charge in [0.25, 0.3) is 10.0 Å². The molecule has 0 aliphatic heterocycles. The predicted molar refractivity (Wildman–Crippen MR) is 162 cm³/mol. The van der Waals surface area contributed by atoms with E-state index in [2.05, 4.69) is 5.32 Å². The molecule has 0 aromatic heterocycles. The van der Waals surface area contributed by atoms with Crippen LogP contribution >= 0.6 is 0 Å². The Balaban J connectivity index is 2.07. The third-order valence-corrected chi connectivity index (χ3v) is 8.26. The quantitative estimate of drug-likeness (QED) is 0.300. The number of amides is 2. The van der Waals surface area contributed by atoms with Crippen molar-refractivity contribution < 1.29 is 27.1 Å². The molecule has 226 valence electrons. The van der Waals surface area contributed by atoms with Crippen molar-refractivity contribution in [1.29, 1.82) is 0 Å². The van der Waals surface area contributed by atoms with Crippen LogP contribution in [-0.4, -0.2) is 49.9 Å². The van der Waals surface area contributed by atoms with Gasteiger partial charge in [0, 0.05) is 12.1 Å². The molecule has 0 heterocycles. The molecule has 0 radical (unpaired) electrons. The highest BCUT2D eigenvalue weighted by atomic mass is 32.2. The first-order chi connectivity index (χ1) is 19.7. The van der Waals surface area contributed by atoms with E-state index in [9.17, 15) is 22.4 Å². The Bertz CT molecular complexity index is 1450. The third kappa shape index (κ3) is 8.55. The number of sulfonamides is 1. The summed E-state index contributed by atoms with van der Waals surface area (Å²) < 4.78 is 48.2. The fourth-order valence-corrected chi connectivity index (χ4v) is 5.81. The highest BCUT2D eigenvalue weighted by molar-refractivity contribution is 7.92. The molecule has 0 bridgehead atoms. The molecule has 1 N–H and O–H groups in total. The monoisotopic (exact) mass is 597 g/mol. The molecule has 8 nitrogen and oxygen atoms in total. The molecule has 0 spiro atoms. The number of hydrogen-bond donors (Lipinski definition) is 1. The summed E-state index contributed by atoms with van der Waals surface area (Å²) >= 11 is 0. The number of aryl methyl sites for hydroxylation is 1. The number of carbonyl (C=O) groups excluding carboxylic acids is 2. The Morgan fingerprint density at radius 1 is 0.929 bits per heavy atom. The molecular weight excluding hydrogens is 557 g/mol. The van der Waals surface area contributed by atoms with Gasteiger partial charge in [0.15, 0.2) is 0 Å². The molecule has 10 heteroatoms. The second kappa shape index (κ2) is 13.8. The van der Waals surface area contributed by atoms with Gasteiger partial charge in [-0.3, -0.25) is 13.9 Å². The fraction of sp³-hybridized carbons (Fsp3) is 0.375. The van der Waals surface area contributed by atoms with Crippen LogP contribution in [0.25, 0.3) is 0 Å². The second-order valence-electron chi connectivity index (χ2n) is 11.1. The van der Waals surface area contributed by atoms with Crippen molar-refractivity contribution in [3.63, 3.8) is 0 Å². The maximum absolute atomic E-state index is 14.1. The van der Waals surface area contributed by atoms with Crippen molar-refractivity contribution in [2.45, 2.75) is 71.0 Å². The summed E-state index contributed by atoms with van der Waals surface area (Å²) in [5, 5.41) is 2.93. The van der Waals surface area contributed by atoms with E-state index in [4.69, 9.17) is 4.74 Å². The highest BCUT2D eigenvalue weighted by Gasteiger charge is 2.34. The van der Waals surface area contributed by atoms with Crippen LogP contribution in [0.1, 0.15) is 52.2 Å². The lowest BCUT2D eigenvalue weighted by Crippen LogP contribution is -2.55. The highest BCUT2D eigenvalue weighted by Crippen LogP contribution is 2.27. The average molecular weight is 598 g/mol. The van der Waals surface area contributed by atoms with Gasteiger partial charge in [0.2, 0.25) is 11.8 Å². The van der Waals surface area contributed by atoms with Crippen molar-refractivity contribution in [3.8, 4) is 5.75 Å². The lowest BCUT2D eigenvalue weighted by atomic mass is 10.1. The summed E-state index contributed by atoms with van der Waals surface area (Å²) in [6, 6.07) is 17.6. The molecule has 0 saturated carbocycles. The molecule has 2 amide bonds. The number of ether oxygens (including phenoxy) is 1. The molecule has 0 aliphatic rings. The van der Waals surface area contributed by atoms with Gasteiger partial charge in [-0.15, -0.1) is 0 Å². The van der Waals surface area contributed by atoms with Crippen molar-refractivity contribution in [2.75, 3.05) is 17.5 Å². The number of carbonyl (C=O) groups is 2. The van der Waals surface area contributed by atoms with E-state index in [0.29, 0.717) is 17.9 Å². The number of benzene rings is 3.